The van der Waals surface area contributed by atoms with Gasteiger partial charge in [0.2, 0.25) is 6.29 Å². The second-order valence-electron chi connectivity index (χ2n) is 8.98. The van der Waals surface area contributed by atoms with Crippen molar-refractivity contribution in [3.8, 4) is 0 Å². The number of nitrogens with zero attached hydrogens (tertiary/aromatic N) is 1. The van der Waals surface area contributed by atoms with Gasteiger partial charge in [0, 0.05) is 20.4 Å². The molecule has 3 rings (SSSR count). The average molecular weight is 428 g/mol. The van der Waals surface area contributed by atoms with Crippen molar-refractivity contribution in [1.82, 2.24) is 5.06 Å². The van der Waals surface area contributed by atoms with Crippen LogP contribution in [-0.4, -0.2) is 44.8 Å². The summed E-state index contributed by atoms with van der Waals surface area (Å²) in [5.74, 6) is -0.338. The maximum Gasteiger partial charge on any atom is 0.304 e. The summed E-state index contributed by atoms with van der Waals surface area (Å²) in [6.45, 7) is 10.3. The van der Waals surface area contributed by atoms with Gasteiger partial charge in [-0.3, -0.25) is 9.63 Å². The molecule has 0 amide bonds. The SMILES string of the molecule is CC(=O)O[C@@H]1C[C@@H]([C@H](C)O[Si](c2ccccc2)(c2ccccc2)C(C)(C)C)N(C)O1. The quantitative estimate of drug-likeness (QED) is 0.522. The lowest BCUT2D eigenvalue weighted by molar-refractivity contribution is -0.228. The van der Waals surface area contributed by atoms with E-state index in [1.807, 2.05) is 19.2 Å². The van der Waals surface area contributed by atoms with Crippen molar-refractivity contribution in [2.45, 2.75) is 64.5 Å². The minimum absolute atomic E-state index is 0.0176. The molecular formula is C24H33NO4Si. The number of likely N-dealkylation sites (N-methyl/N-ethyl adjacent to an activating group) is 1. The minimum Gasteiger partial charge on any atom is -0.434 e. The summed E-state index contributed by atoms with van der Waals surface area (Å²) in [5.41, 5.74) is 0. The molecule has 0 saturated carbocycles. The lowest BCUT2D eigenvalue weighted by atomic mass is 10.1. The summed E-state index contributed by atoms with van der Waals surface area (Å²) >= 11 is 0. The van der Waals surface area contributed by atoms with Gasteiger partial charge in [0.1, 0.15) is 0 Å². The summed E-state index contributed by atoms with van der Waals surface area (Å²) in [6, 6.07) is 21.2. The lowest BCUT2D eigenvalue weighted by Crippen LogP contribution is -2.68. The molecule has 1 aliphatic heterocycles. The molecular weight excluding hydrogens is 394 g/mol. The zero-order chi connectivity index (χ0) is 21.9. The molecule has 162 valence electrons. The third-order valence-corrected chi connectivity index (χ3v) is 10.9. The van der Waals surface area contributed by atoms with Gasteiger partial charge in [-0.15, -0.1) is 0 Å². The first kappa shape index (κ1) is 22.7. The molecule has 0 bridgehead atoms. The molecule has 1 saturated heterocycles. The molecule has 30 heavy (non-hydrogen) atoms. The molecule has 0 radical (unpaired) electrons. The maximum atomic E-state index is 11.4. The highest BCUT2D eigenvalue weighted by atomic mass is 28.4. The molecule has 0 unspecified atom stereocenters. The van der Waals surface area contributed by atoms with E-state index in [9.17, 15) is 4.79 Å². The Balaban J connectivity index is 2.00. The molecule has 0 spiro atoms. The molecule has 5 nitrogen and oxygen atoms in total. The van der Waals surface area contributed by atoms with Crippen LogP contribution in [0.25, 0.3) is 0 Å². The van der Waals surface area contributed by atoms with Crippen molar-refractivity contribution in [2.75, 3.05) is 7.05 Å². The molecule has 2 aromatic carbocycles. The largest absolute Gasteiger partial charge is 0.434 e. The molecule has 6 heteroatoms. The molecule has 3 atom stereocenters. The summed E-state index contributed by atoms with van der Waals surface area (Å²) in [6.07, 6.45) is -0.111. The second-order valence-corrected chi connectivity index (χ2v) is 13.2. The van der Waals surface area contributed by atoms with E-state index in [1.165, 1.54) is 17.3 Å². The van der Waals surface area contributed by atoms with E-state index >= 15 is 0 Å². The van der Waals surface area contributed by atoms with Crippen LogP contribution in [0, 0.1) is 0 Å². The number of carbonyl (C=O) groups excluding carboxylic acids is 1. The highest BCUT2D eigenvalue weighted by molar-refractivity contribution is 6.99. The number of hydroxylamine groups is 2. The fourth-order valence-corrected chi connectivity index (χ4v) is 9.17. The van der Waals surface area contributed by atoms with Crippen molar-refractivity contribution in [3.05, 3.63) is 60.7 Å². The third-order valence-electron chi connectivity index (χ3n) is 5.80. The van der Waals surface area contributed by atoms with Crippen molar-refractivity contribution < 1.29 is 18.8 Å². The van der Waals surface area contributed by atoms with Crippen molar-refractivity contribution in [1.29, 1.82) is 0 Å². The van der Waals surface area contributed by atoms with E-state index < -0.39 is 14.6 Å². The van der Waals surface area contributed by atoms with Gasteiger partial charge in [0.25, 0.3) is 8.32 Å². The van der Waals surface area contributed by atoms with Crippen LogP contribution < -0.4 is 10.4 Å². The zero-order valence-electron chi connectivity index (χ0n) is 18.8. The summed E-state index contributed by atoms with van der Waals surface area (Å²) in [7, 11) is -0.779. The van der Waals surface area contributed by atoms with Gasteiger partial charge in [-0.1, -0.05) is 81.4 Å². The van der Waals surface area contributed by atoms with Crippen molar-refractivity contribution >= 4 is 24.7 Å². The van der Waals surface area contributed by atoms with Gasteiger partial charge in [-0.05, 0) is 22.3 Å². The molecule has 0 N–H and O–H groups in total. The first-order valence-corrected chi connectivity index (χ1v) is 12.4. The van der Waals surface area contributed by atoms with Gasteiger partial charge in [0.15, 0.2) is 0 Å². The third kappa shape index (κ3) is 4.52. The first-order chi connectivity index (χ1) is 14.1. The number of carbonyl (C=O) groups is 1. The number of rotatable bonds is 6. The molecule has 0 aromatic heterocycles. The number of ether oxygens (including phenoxy) is 1. The van der Waals surface area contributed by atoms with E-state index in [0.717, 1.165) is 0 Å². The normalized spacial score (nSPS) is 21.4. The topological polar surface area (TPSA) is 48.0 Å². The number of hydrogen-bond donors (Lipinski definition) is 0. The molecule has 1 aliphatic rings. The van der Waals surface area contributed by atoms with Gasteiger partial charge >= 0.3 is 5.97 Å². The van der Waals surface area contributed by atoms with Crippen molar-refractivity contribution in [3.63, 3.8) is 0 Å². The van der Waals surface area contributed by atoms with Gasteiger partial charge in [-0.2, -0.15) is 5.06 Å². The standard InChI is InChI=1S/C24H33NO4Si/c1-18(22-17-23(27-19(2)26)28-25(22)6)29-30(24(3,4)5,20-13-9-7-10-14-20)21-15-11-8-12-16-21/h7-16,18,22-23H,17H2,1-6H3/t18-,22-,23-/m0/s1. The summed E-state index contributed by atoms with van der Waals surface area (Å²) < 4.78 is 12.4. The van der Waals surface area contributed by atoms with Crippen LogP contribution in [-0.2, 0) is 18.8 Å². The summed E-state index contributed by atoms with van der Waals surface area (Å²) in [5, 5.41) is 4.16. The average Bonchev–Trinajstić information content (AvgIpc) is 3.05. The highest BCUT2D eigenvalue weighted by Crippen LogP contribution is 2.39. The van der Waals surface area contributed by atoms with E-state index in [2.05, 4.69) is 76.2 Å². The monoisotopic (exact) mass is 427 g/mol. The number of esters is 1. The van der Waals surface area contributed by atoms with Crippen LogP contribution in [0.2, 0.25) is 5.04 Å². The second kappa shape index (κ2) is 9.02. The molecule has 2 aromatic rings. The predicted molar refractivity (Wildman–Crippen MR) is 121 cm³/mol. The van der Waals surface area contributed by atoms with E-state index in [4.69, 9.17) is 14.0 Å². The molecule has 1 heterocycles. The Labute approximate surface area is 181 Å². The fourth-order valence-electron chi connectivity index (χ4n) is 4.44. The van der Waals surface area contributed by atoms with E-state index in [1.54, 1.807) is 5.06 Å². The molecule has 1 fully saturated rings. The van der Waals surface area contributed by atoms with Gasteiger partial charge in [-0.25, -0.2) is 0 Å². The smallest absolute Gasteiger partial charge is 0.304 e. The first-order valence-electron chi connectivity index (χ1n) is 10.5. The van der Waals surface area contributed by atoms with E-state index in [-0.39, 0.29) is 23.2 Å². The maximum absolute atomic E-state index is 11.4. The Morgan fingerprint density at radius 1 is 1.07 bits per heavy atom. The Hall–Kier alpha value is -1.99. The van der Waals surface area contributed by atoms with Crippen LogP contribution in [0.3, 0.4) is 0 Å². The Morgan fingerprint density at radius 2 is 1.57 bits per heavy atom. The van der Waals surface area contributed by atoms with Gasteiger partial charge < -0.3 is 9.16 Å². The zero-order valence-corrected chi connectivity index (χ0v) is 19.8. The van der Waals surface area contributed by atoms with Crippen LogP contribution in [0.1, 0.15) is 41.0 Å². The number of hydrogen-bond acceptors (Lipinski definition) is 5. The van der Waals surface area contributed by atoms with Crippen LogP contribution >= 0.6 is 0 Å². The van der Waals surface area contributed by atoms with Crippen LogP contribution in [0.15, 0.2) is 60.7 Å². The Bertz CT molecular complexity index is 798. The lowest BCUT2D eigenvalue weighted by Gasteiger charge is -2.45. The number of benzene rings is 2. The Morgan fingerprint density at radius 3 is 2.00 bits per heavy atom. The Kier molecular flexibility index (Phi) is 6.82. The van der Waals surface area contributed by atoms with E-state index in [0.29, 0.717) is 6.42 Å². The fraction of sp³-hybridized carbons (Fsp3) is 0.458. The predicted octanol–water partition coefficient (Wildman–Crippen LogP) is 3.48. The van der Waals surface area contributed by atoms with Gasteiger partial charge in [0.05, 0.1) is 12.1 Å². The van der Waals surface area contributed by atoms with Crippen molar-refractivity contribution in [2.24, 2.45) is 0 Å². The van der Waals surface area contributed by atoms with Crippen LogP contribution in [0.5, 0.6) is 0 Å². The highest BCUT2D eigenvalue weighted by Gasteiger charge is 2.52. The summed E-state index contributed by atoms with van der Waals surface area (Å²) in [4.78, 5) is 17.1. The van der Waals surface area contributed by atoms with Crippen LogP contribution in [0.4, 0.5) is 0 Å². The molecule has 0 aliphatic carbocycles. The minimum atomic E-state index is -2.65.